The second-order valence-electron chi connectivity index (χ2n) is 4.75. The summed E-state index contributed by atoms with van der Waals surface area (Å²) < 4.78 is -1.67. The summed E-state index contributed by atoms with van der Waals surface area (Å²) >= 11 is 25.0. The highest BCUT2D eigenvalue weighted by Gasteiger charge is 2.34. The van der Waals surface area contributed by atoms with E-state index in [1.807, 2.05) is 30.3 Å². The molecule has 0 fully saturated rings. The van der Waals surface area contributed by atoms with E-state index in [4.69, 9.17) is 46.4 Å². The third kappa shape index (κ3) is 6.58. The Labute approximate surface area is 165 Å². The topological polar surface area (TPSA) is 29.1 Å². The molecule has 0 heterocycles. The van der Waals surface area contributed by atoms with E-state index in [9.17, 15) is 4.79 Å². The SMILES string of the molecule is O=C(/C=C\c1ccccc1)N[C@H](Sc1ccc(Cl)cc1)C(Cl)(Cl)Cl. The lowest BCUT2D eigenvalue weighted by molar-refractivity contribution is -0.116. The number of halogens is 4. The van der Waals surface area contributed by atoms with Crippen LogP contribution in [0, 0.1) is 0 Å². The molecule has 0 aliphatic carbocycles. The number of hydrogen-bond donors (Lipinski definition) is 1. The van der Waals surface area contributed by atoms with Crippen LogP contribution in [0.2, 0.25) is 5.02 Å². The van der Waals surface area contributed by atoms with Crippen LogP contribution in [0.5, 0.6) is 0 Å². The molecule has 0 bridgehead atoms. The number of thioether (sulfide) groups is 1. The van der Waals surface area contributed by atoms with Crippen molar-refractivity contribution in [2.24, 2.45) is 0 Å². The van der Waals surface area contributed by atoms with Gasteiger partial charge in [0.15, 0.2) is 0 Å². The van der Waals surface area contributed by atoms with Gasteiger partial charge in [0.25, 0.3) is 0 Å². The van der Waals surface area contributed by atoms with Gasteiger partial charge in [-0.2, -0.15) is 0 Å². The molecule has 0 saturated carbocycles. The van der Waals surface area contributed by atoms with Crippen molar-refractivity contribution in [3.8, 4) is 0 Å². The van der Waals surface area contributed by atoms with Crippen LogP contribution in [0.3, 0.4) is 0 Å². The Morgan fingerprint density at radius 1 is 1.04 bits per heavy atom. The highest BCUT2D eigenvalue weighted by atomic mass is 35.6. The predicted molar refractivity (Wildman–Crippen MR) is 105 cm³/mol. The number of rotatable bonds is 5. The normalized spacial score (nSPS) is 13.0. The maximum Gasteiger partial charge on any atom is 0.245 e. The first-order valence-electron chi connectivity index (χ1n) is 6.87. The number of benzene rings is 2. The Hall–Kier alpha value is -0.840. The average molecular weight is 421 g/mol. The van der Waals surface area contributed by atoms with Crippen molar-refractivity contribution in [2.45, 2.75) is 14.1 Å². The van der Waals surface area contributed by atoms with Crippen molar-refractivity contribution in [3.05, 3.63) is 71.3 Å². The minimum Gasteiger partial charge on any atom is -0.336 e. The highest BCUT2D eigenvalue weighted by molar-refractivity contribution is 8.00. The maximum absolute atomic E-state index is 12.1. The van der Waals surface area contributed by atoms with Gasteiger partial charge < -0.3 is 5.32 Å². The van der Waals surface area contributed by atoms with E-state index in [0.717, 1.165) is 10.5 Å². The molecular formula is C17H13Cl4NOS. The molecule has 0 unspecified atom stereocenters. The largest absolute Gasteiger partial charge is 0.336 e. The Morgan fingerprint density at radius 2 is 1.67 bits per heavy atom. The second-order valence-corrected chi connectivity index (χ2v) is 8.73. The van der Waals surface area contributed by atoms with Crippen LogP contribution in [0.15, 0.2) is 65.6 Å². The van der Waals surface area contributed by atoms with Gasteiger partial charge >= 0.3 is 0 Å². The van der Waals surface area contributed by atoms with Gasteiger partial charge in [-0.05, 0) is 35.9 Å². The average Bonchev–Trinajstić information content (AvgIpc) is 2.54. The maximum atomic E-state index is 12.1. The molecular weight excluding hydrogens is 408 g/mol. The zero-order valence-electron chi connectivity index (χ0n) is 12.3. The Morgan fingerprint density at radius 3 is 2.25 bits per heavy atom. The Kier molecular flexibility index (Phi) is 7.33. The first-order valence-corrected chi connectivity index (χ1v) is 9.26. The third-order valence-electron chi connectivity index (χ3n) is 2.86. The lowest BCUT2D eigenvalue weighted by Crippen LogP contribution is -2.40. The predicted octanol–water partition coefficient (Wildman–Crippen LogP) is 5.96. The van der Waals surface area contributed by atoms with Crippen molar-refractivity contribution in [3.63, 3.8) is 0 Å². The summed E-state index contributed by atoms with van der Waals surface area (Å²) in [6.07, 6.45) is 3.10. The van der Waals surface area contributed by atoms with Crippen molar-refractivity contribution < 1.29 is 4.79 Å². The van der Waals surface area contributed by atoms with E-state index in [2.05, 4.69) is 5.32 Å². The second kappa shape index (κ2) is 9.02. The summed E-state index contributed by atoms with van der Waals surface area (Å²) in [6.45, 7) is 0. The standard InChI is InChI=1S/C17H13Cl4NOS/c18-13-7-9-14(10-8-13)24-16(17(19,20)21)22-15(23)11-6-12-4-2-1-3-5-12/h1-11,16H,(H,22,23)/b11-6-/t16-/m1/s1. The lowest BCUT2D eigenvalue weighted by atomic mass is 10.2. The molecule has 1 atom stereocenters. The number of alkyl halides is 3. The summed E-state index contributed by atoms with van der Waals surface area (Å²) in [6, 6.07) is 16.5. The number of carbonyl (C=O) groups is 1. The van der Waals surface area contributed by atoms with E-state index in [1.165, 1.54) is 17.8 Å². The van der Waals surface area contributed by atoms with Crippen LogP contribution in [0.25, 0.3) is 6.08 Å². The molecule has 0 radical (unpaired) electrons. The van der Waals surface area contributed by atoms with Crippen molar-refractivity contribution >= 4 is 70.1 Å². The molecule has 2 nitrogen and oxygen atoms in total. The smallest absolute Gasteiger partial charge is 0.245 e. The van der Waals surface area contributed by atoms with Crippen LogP contribution < -0.4 is 5.32 Å². The minimum absolute atomic E-state index is 0.350. The van der Waals surface area contributed by atoms with Gasteiger partial charge in [0.05, 0.1) is 0 Å². The number of amides is 1. The van der Waals surface area contributed by atoms with E-state index in [-0.39, 0.29) is 5.91 Å². The van der Waals surface area contributed by atoms with Crippen LogP contribution in [-0.2, 0) is 4.79 Å². The molecule has 0 aliphatic heterocycles. The number of carbonyl (C=O) groups excluding carboxylic acids is 1. The lowest BCUT2D eigenvalue weighted by Gasteiger charge is -2.24. The summed E-state index contributed by atoms with van der Waals surface area (Å²) in [5.74, 6) is -0.350. The summed E-state index contributed by atoms with van der Waals surface area (Å²) in [5, 5.41) is 2.56. The minimum atomic E-state index is -1.67. The molecule has 0 aliphatic rings. The summed E-state index contributed by atoms with van der Waals surface area (Å²) in [5.41, 5.74) is 0.906. The highest BCUT2D eigenvalue weighted by Crippen LogP contribution is 2.39. The molecule has 2 aromatic rings. The van der Waals surface area contributed by atoms with E-state index in [1.54, 1.807) is 30.3 Å². The van der Waals surface area contributed by atoms with Gasteiger partial charge in [0.2, 0.25) is 9.70 Å². The van der Waals surface area contributed by atoms with Crippen LogP contribution in [0.4, 0.5) is 0 Å². The number of nitrogens with one attached hydrogen (secondary N) is 1. The van der Waals surface area contributed by atoms with Gasteiger partial charge in [-0.1, -0.05) is 88.5 Å². The molecule has 24 heavy (non-hydrogen) atoms. The molecule has 0 spiro atoms. The van der Waals surface area contributed by atoms with Crippen LogP contribution in [-0.4, -0.2) is 15.1 Å². The molecule has 1 amide bonds. The summed E-state index contributed by atoms with van der Waals surface area (Å²) in [7, 11) is 0. The zero-order valence-corrected chi connectivity index (χ0v) is 16.1. The van der Waals surface area contributed by atoms with Crippen LogP contribution in [0.1, 0.15) is 5.56 Å². The molecule has 0 saturated heterocycles. The van der Waals surface area contributed by atoms with E-state index in [0.29, 0.717) is 5.02 Å². The fourth-order valence-corrected chi connectivity index (χ4v) is 3.31. The molecule has 1 N–H and O–H groups in total. The van der Waals surface area contributed by atoms with Gasteiger partial charge in [-0.15, -0.1) is 0 Å². The van der Waals surface area contributed by atoms with Crippen molar-refractivity contribution in [1.29, 1.82) is 0 Å². The quantitative estimate of drug-likeness (QED) is 0.280. The van der Waals surface area contributed by atoms with Gasteiger partial charge in [-0.25, -0.2) is 0 Å². The fraction of sp³-hybridized carbons (Fsp3) is 0.118. The fourth-order valence-electron chi connectivity index (χ4n) is 1.74. The Bertz CT molecular complexity index is 699. The Balaban J connectivity index is 2.04. The van der Waals surface area contributed by atoms with E-state index >= 15 is 0 Å². The van der Waals surface area contributed by atoms with E-state index < -0.39 is 9.17 Å². The number of hydrogen-bond acceptors (Lipinski definition) is 2. The van der Waals surface area contributed by atoms with Crippen molar-refractivity contribution in [1.82, 2.24) is 5.32 Å². The first-order chi connectivity index (χ1) is 11.3. The zero-order chi connectivity index (χ0) is 17.6. The molecule has 126 valence electrons. The molecule has 7 heteroatoms. The molecule has 2 rings (SSSR count). The molecule has 0 aromatic heterocycles. The van der Waals surface area contributed by atoms with Gasteiger partial charge in [0, 0.05) is 16.0 Å². The van der Waals surface area contributed by atoms with Gasteiger partial charge in [0.1, 0.15) is 5.37 Å². The molecule has 2 aromatic carbocycles. The summed E-state index contributed by atoms with van der Waals surface area (Å²) in [4.78, 5) is 12.9. The van der Waals surface area contributed by atoms with Gasteiger partial charge in [-0.3, -0.25) is 4.79 Å². The third-order valence-corrected chi connectivity index (χ3v) is 5.41. The van der Waals surface area contributed by atoms with Crippen LogP contribution >= 0.6 is 58.2 Å². The first kappa shape index (κ1) is 19.5. The van der Waals surface area contributed by atoms with Crippen molar-refractivity contribution in [2.75, 3.05) is 0 Å². The monoisotopic (exact) mass is 419 g/mol.